The fourth-order valence-electron chi connectivity index (χ4n) is 2.93. The number of ketones is 2. The van der Waals surface area contributed by atoms with Crippen molar-refractivity contribution >= 4 is 55.6 Å². The first-order valence-electron chi connectivity index (χ1n) is 8.72. The molecule has 0 aliphatic rings. The van der Waals surface area contributed by atoms with Crippen LogP contribution in [0.3, 0.4) is 0 Å². The molecule has 0 amide bonds. The van der Waals surface area contributed by atoms with Crippen LogP contribution >= 0.6 is 11.3 Å². The first-order valence-corrected chi connectivity index (χ1v) is 9.53. The summed E-state index contributed by atoms with van der Waals surface area (Å²) in [7, 11) is 0. The van der Waals surface area contributed by atoms with Crippen molar-refractivity contribution in [2.75, 3.05) is 0 Å². The van der Waals surface area contributed by atoms with Gasteiger partial charge in [0.15, 0.2) is 5.71 Å². The third-order valence-corrected chi connectivity index (χ3v) is 5.35. The lowest BCUT2D eigenvalue weighted by Gasteiger charge is -2.06. The van der Waals surface area contributed by atoms with Crippen molar-refractivity contribution in [3.63, 3.8) is 0 Å². The molecule has 0 fully saturated rings. The summed E-state index contributed by atoms with van der Waals surface area (Å²) in [5.74, 6) is -1.95. The van der Waals surface area contributed by atoms with E-state index in [9.17, 15) is 14.4 Å². The number of fused-ring (bicyclic) bond motifs is 2. The van der Waals surface area contributed by atoms with Gasteiger partial charge in [-0.15, -0.1) is 11.3 Å². The summed E-state index contributed by atoms with van der Waals surface area (Å²) < 4.78 is 0.907. The molecule has 7 heteroatoms. The Labute approximate surface area is 169 Å². The number of benzene rings is 2. The minimum absolute atomic E-state index is 0.260. The Morgan fingerprint density at radius 1 is 0.966 bits per heavy atom. The highest BCUT2D eigenvalue weighted by Gasteiger charge is 2.27. The van der Waals surface area contributed by atoms with Gasteiger partial charge in [-0.2, -0.15) is 0 Å². The van der Waals surface area contributed by atoms with E-state index in [1.165, 1.54) is 23.6 Å². The van der Waals surface area contributed by atoms with Gasteiger partial charge < -0.3 is 4.84 Å². The summed E-state index contributed by atoms with van der Waals surface area (Å²) in [5.41, 5.74) is 0.415. The molecule has 0 spiro atoms. The van der Waals surface area contributed by atoms with Gasteiger partial charge in [0.2, 0.25) is 11.6 Å². The standard InChI is InChI=1S/C22H14N2O4S/c1-13(25)28-24-20(22(27)19-12-14-6-2-5-9-18(14)29-19)21(26)16-10-11-23-17-8-4-3-7-15(16)17/h2-12H,1H3. The molecule has 142 valence electrons. The number of carbonyl (C=O) groups is 3. The third kappa shape index (κ3) is 3.68. The highest BCUT2D eigenvalue weighted by Crippen LogP contribution is 2.27. The minimum atomic E-state index is -0.723. The van der Waals surface area contributed by atoms with E-state index < -0.39 is 23.2 Å². The van der Waals surface area contributed by atoms with E-state index >= 15 is 0 Å². The van der Waals surface area contributed by atoms with Gasteiger partial charge in [-0.1, -0.05) is 41.6 Å². The second-order valence-corrected chi connectivity index (χ2v) is 7.29. The molecule has 0 bridgehead atoms. The van der Waals surface area contributed by atoms with E-state index in [1.54, 1.807) is 30.3 Å². The number of aromatic nitrogens is 1. The van der Waals surface area contributed by atoms with Crippen molar-refractivity contribution in [2.45, 2.75) is 6.92 Å². The smallest absolute Gasteiger partial charge is 0.318 e. The molecule has 0 atom stereocenters. The maximum absolute atomic E-state index is 13.2. The van der Waals surface area contributed by atoms with E-state index in [2.05, 4.69) is 15.0 Å². The third-order valence-electron chi connectivity index (χ3n) is 4.24. The first-order chi connectivity index (χ1) is 14.0. The average molecular weight is 402 g/mol. The van der Waals surface area contributed by atoms with Crippen LogP contribution in [-0.4, -0.2) is 28.2 Å². The highest BCUT2D eigenvalue weighted by atomic mass is 32.1. The van der Waals surface area contributed by atoms with Gasteiger partial charge in [0, 0.05) is 28.8 Å². The van der Waals surface area contributed by atoms with Crippen LogP contribution in [0.4, 0.5) is 0 Å². The first kappa shape index (κ1) is 18.6. The van der Waals surface area contributed by atoms with Crippen LogP contribution < -0.4 is 0 Å². The Hall–Kier alpha value is -3.71. The van der Waals surface area contributed by atoms with Crippen molar-refractivity contribution in [3.05, 3.63) is 77.3 Å². The Morgan fingerprint density at radius 3 is 2.52 bits per heavy atom. The molecule has 4 aromatic rings. The lowest BCUT2D eigenvalue weighted by molar-refractivity contribution is -0.140. The van der Waals surface area contributed by atoms with Crippen LogP contribution in [0.2, 0.25) is 0 Å². The fraction of sp³-hybridized carbons (Fsp3) is 0.0455. The van der Waals surface area contributed by atoms with Crippen LogP contribution in [0.15, 0.2) is 72.0 Å². The van der Waals surface area contributed by atoms with Gasteiger partial charge in [0.1, 0.15) is 0 Å². The number of nitrogens with zero attached hydrogens (tertiary/aromatic N) is 2. The maximum Gasteiger partial charge on any atom is 0.332 e. The van der Waals surface area contributed by atoms with E-state index in [1.807, 2.05) is 24.3 Å². The second-order valence-electron chi connectivity index (χ2n) is 6.21. The minimum Gasteiger partial charge on any atom is -0.318 e. The second kappa shape index (κ2) is 7.73. The zero-order valence-electron chi connectivity index (χ0n) is 15.3. The maximum atomic E-state index is 13.2. The summed E-state index contributed by atoms with van der Waals surface area (Å²) in [6, 6.07) is 17.8. The summed E-state index contributed by atoms with van der Waals surface area (Å²) in [6.07, 6.45) is 1.49. The molecule has 29 heavy (non-hydrogen) atoms. The molecule has 0 N–H and O–H groups in total. The van der Waals surface area contributed by atoms with E-state index in [0.717, 1.165) is 17.0 Å². The van der Waals surface area contributed by atoms with Crippen LogP contribution in [0, 0.1) is 0 Å². The Kier molecular flexibility index (Phi) is 4.97. The SMILES string of the molecule is CC(=O)ON=C(C(=O)c1cc2ccccc2s1)C(=O)c1ccnc2ccccc12. The largest absolute Gasteiger partial charge is 0.332 e. The molecule has 6 nitrogen and oxygen atoms in total. The molecule has 0 unspecified atom stereocenters. The molecule has 0 aliphatic heterocycles. The van der Waals surface area contributed by atoms with Crippen LogP contribution in [0.1, 0.15) is 27.0 Å². The van der Waals surface area contributed by atoms with Gasteiger partial charge in [-0.25, -0.2) is 4.79 Å². The highest BCUT2D eigenvalue weighted by molar-refractivity contribution is 7.21. The lowest BCUT2D eigenvalue weighted by Crippen LogP contribution is -2.25. The monoisotopic (exact) mass is 402 g/mol. The molecule has 0 aliphatic carbocycles. The Bertz CT molecular complexity index is 1270. The number of thiophene rings is 1. The molecule has 0 saturated carbocycles. The van der Waals surface area contributed by atoms with E-state index in [4.69, 9.17) is 0 Å². The van der Waals surface area contributed by atoms with E-state index in [0.29, 0.717) is 15.8 Å². The van der Waals surface area contributed by atoms with Crippen LogP contribution in [0.5, 0.6) is 0 Å². The summed E-state index contributed by atoms with van der Waals surface area (Å²) in [6.45, 7) is 1.15. The zero-order chi connectivity index (χ0) is 20.4. The molecule has 0 radical (unpaired) electrons. The van der Waals surface area contributed by atoms with Crippen LogP contribution in [0.25, 0.3) is 21.0 Å². The number of carbonyl (C=O) groups excluding carboxylic acids is 3. The Morgan fingerprint density at radius 2 is 1.72 bits per heavy atom. The molecule has 4 rings (SSSR count). The summed E-state index contributed by atoms with van der Waals surface area (Å²) in [4.78, 5) is 46.9. The van der Waals surface area contributed by atoms with Crippen LogP contribution in [-0.2, 0) is 9.63 Å². The van der Waals surface area contributed by atoms with Gasteiger partial charge in [-0.05, 0) is 29.7 Å². The predicted octanol–water partition coefficient (Wildman–Crippen LogP) is 4.43. The van der Waals surface area contributed by atoms with Gasteiger partial charge in [0.25, 0.3) is 0 Å². The number of oxime groups is 1. The summed E-state index contributed by atoms with van der Waals surface area (Å²) >= 11 is 1.25. The number of Topliss-reactive ketones (excluding diaryl/α,β-unsaturated/α-hetero) is 2. The Balaban J connectivity index is 1.81. The normalized spacial score (nSPS) is 11.6. The van der Waals surface area contributed by atoms with Crippen molar-refractivity contribution in [1.29, 1.82) is 0 Å². The quantitative estimate of drug-likeness (QED) is 0.162. The zero-order valence-corrected chi connectivity index (χ0v) is 16.1. The molecule has 0 saturated heterocycles. The van der Waals surface area contributed by atoms with Crippen molar-refractivity contribution < 1.29 is 19.2 Å². The van der Waals surface area contributed by atoms with Crippen molar-refractivity contribution in [1.82, 2.24) is 4.98 Å². The molecular formula is C22H14N2O4S. The summed E-state index contributed by atoms with van der Waals surface area (Å²) in [5, 5.41) is 5.07. The molecule has 2 aromatic carbocycles. The van der Waals surface area contributed by atoms with E-state index in [-0.39, 0.29) is 5.56 Å². The average Bonchev–Trinajstić information content (AvgIpc) is 3.17. The fourth-order valence-corrected chi connectivity index (χ4v) is 3.93. The van der Waals surface area contributed by atoms with Gasteiger partial charge in [0.05, 0.1) is 10.4 Å². The van der Waals surface area contributed by atoms with Crippen molar-refractivity contribution in [2.24, 2.45) is 5.16 Å². The molecule has 2 heterocycles. The molecular weight excluding hydrogens is 388 g/mol. The number of rotatable bonds is 5. The van der Waals surface area contributed by atoms with Crippen molar-refractivity contribution in [3.8, 4) is 0 Å². The molecule has 2 aromatic heterocycles. The van der Waals surface area contributed by atoms with Gasteiger partial charge in [-0.3, -0.25) is 14.6 Å². The number of hydrogen-bond donors (Lipinski definition) is 0. The number of hydrogen-bond acceptors (Lipinski definition) is 7. The van der Waals surface area contributed by atoms with Gasteiger partial charge >= 0.3 is 5.97 Å². The topological polar surface area (TPSA) is 85.7 Å². The number of pyridine rings is 1. The lowest BCUT2D eigenvalue weighted by atomic mass is 9.99. The number of para-hydroxylation sites is 1. The predicted molar refractivity (Wildman–Crippen MR) is 111 cm³/mol.